The zero-order valence-electron chi connectivity index (χ0n) is 12.8. The van der Waals surface area contributed by atoms with Gasteiger partial charge in [0, 0.05) is 24.2 Å². The number of aliphatic hydroxyl groups is 1. The fraction of sp³-hybridized carbons (Fsp3) is 0.333. The molecule has 0 saturated heterocycles. The number of H-pyrrole nitrogens is 1. The maximum absolute atomic E-state index is 13.4. The van der Waals surface area contributed by atoms with Crippen LogP contribution >= 0.6 is 11.3 Å². The first-order valence-corrected chi connectivity index (χ1v) is 8.08. The van der Waals surface area contributed by atoms with Crippen LogP contribution in [-0.4, -0.2) is 32.7 Å². The summed E-state index contributed by atoms with van der Waals surface area (Å²) in [5.41, 5.74) is -3.57. The number of nitrogens with zero attached hydrogens (tertiary/aromatic N) is 2. The second kappa shape index (κ2) is 5.16. The largest absolute Gasteiger partial charge is 0.425 e. The molecule has 4 rings (SSSR count). The van der Waals surface area contributed by atoms with Gasteiger partial charge in [0.2, 0.25) is 5.60 Å². The molecule has 10 heteroatoms. The number of pyridine rings is 1. The highest BCUT2D eigenvalue weighted by Crippen LogP contribution is 2.44. The van der Waals surface area contributed by atoms with Crippen LogP contribution in [0.3, 0.4) is 0 Å². The maximum Gasteiger partial charge on any atom is 0.425 e. The molecule has 25 heavy (non-hydrogen) atoms. The molecule has 4 heterocycles. The molecule has 0 fully saturated rings. The highest BCUT2D eigenvalue weighted by atomic mass is 32.1. The fourth-order valence-electron chi connectivity index (χ4n) is 3.01. The van der Waals surface area contributed by atoms with Crippen LogP contribution in [0.2, 0.25) is 0 Å². The number of halogens is 3. The fourth-order valence-corrected chi connectivity index (χ4v) is 4.14. The molecule has 0 saturated carbocycles. The second-order valence-corrected chi connectivity index (χ2v) is 6.90. The molecule has 0 aromatic carbocycles. The Morgan fingerprint density at radius 2 is 2.24 bits per heavy atom. The topological polar surface area (TPSA) is 80.1 Å². The number of aryl methyl sites for hydroxylation is 1. The summed E-state index contributed by atoms with van der Waals surface area (Å²) in [5.74, 6) is 0. The lowest BCUT2D eigenvalue weighted by Gasteiger charge is -2.35. The number of aromatic amines is 1. The van der Waals surface area contributed by atoms with E-state index in [1.807, 2.05) is 0 Å². The SMILES string of the molecule is Cn1nccc1-c1cc2c3c([nH]c(=O)c2s1)[C@@](O)(C(F)(F)F)COC3. The van der Waals surface area contributed by atoms with Crippen molar-refractivity contribution < 1.29 is 23.0 Å². The first-order valence-electron chi connectivity index (χ1n) is 7.27. The van der Waals surface area contributed by atoms with Crippen LogP contribution in [0.25, 0.3) is 20.7 Å². The van der Waals surface area contributed by atoms with Gasteiger partial charge in [0.1, 0.15) is 4.70 Å². The Balaban J connectivity index is 2.01. The molecule has 0 aliphatic carbocycles. The number of rotatable bonds is 1. The van der Waals surface area contributed by atoms with Crippen molar-refractivity contribution >= 4 is 21.4 Å². The summed E-state index contributed by atoms with van der Waals surface area (Å²) < 4.78 is 47.0. The zero-order chi connectivity index (χ0) is 18.0. The number of aromatic nitrogens is 3. The lowest BCUT2D eigenvalue weighted by atomic mass is 9.91. The molecule has 132 valence electrons. The van der Waals surface area contributed by atoms with Gasteiger partial charge >= 0.3 is 6.18 Å². The average Bonchev–Trinajstić information content (AvgIpc) is 3.14. The third-order valence-corrected chi connectivity index (χ3v) is 5.47. The maximum atomic E-state index is 13.4. The van der Waals surface area contributed by atoms with Crippen molar-refractivity contribution in [1.82, 2.24) is 14.8 Å². The molecule has 3 aromatic rings. The Bertz CT molecular complexity index is 1040. The molecule has 1 aliphatic heterocycles. The van der Waals surface area contributed by atoms with Crippen LogP contribution in [0.15, 0.2) is 23.1 Å². The van der Waals surface area contributed by atoms with Gasteiger partial charge in [-0.15, -0.1) is 11.3 Å². The van der Waals surface area contributed by atoms with Crippen molar-refractivity contribution in [3.05, 3.63) is 39.9 Å². The summed E-state index contributed by atoms with van der Waals surface area (Å²) in [6.07, 6.45) is -3.38. The molecular formula is C15H12F3N3O3S. The van der Waals surface area contributed by atoms with Gasteiger partial charge in [0.05, 0.1) is 29.5 Å². The predicted octanol–water partition coefficient (Wildman–Crippen LogP) is 2.27. The molecule has 1 aliphatic rings. The standard InChI is InChI=1S/C15H12F3N3O3S/c1-21-9(2-3-19-21)10-4-7-8-5-24-6-14(23,15(16,17)18)12(8)20-13(22)11(7)25-10/h2-4,23H,5-6H2,1H3,(H,20,22)/t14-/m1/s1. The number of hydrogen-bond donors (Lipinski definition) is 2. The van der Waals surface area contributed by atoms with E-state index >= 15 is 0 Å². The van der Waals surface area contributed by atoms with Crippen LogP contribution in [0.1, 0.15) is 11.3 Å². The Hall–Kier alpha value is -2.17. The van der Waals surface area contributed by atoms with Crippen LogP contribution in [0, 0.1) is 0 Å². The summed E-state index contributed by atoms with van der Waals surface area (Å²) in [6, 6.07) is 3.38. The van der Waals surface area contributed by atoms with Crippen molar-refractivity contribution in [3.8, 4) is 10.6 Å². The first kappa shape index (κ1) is 16.3. The van der Waals surface area contributed by atoms with E-state index in [-0.39, 0.29) is 16.9 Å². The molecular weight excluding hydrogens is 359 g/mol. The van der Waals surface area contributed by atoms with Crippen molar-refractivity contribution in [3.63, 3.8) is 0 Å². The van der Waals surface area contributed by atoms with E-state index in [1.165, 1.54) is 0 Å². The highest BCUT2D eigenvalue weighted by molar-refractivity contribution is 7.22. The Kier molecular flexibility index (Phi) is 3.37. The number of nitrogens with one attached hydrogen (secondary N) is 1. The molecule has 1 atom stereocenters. The van der Waals surface area contributed by atoms with Gasteiger partial charge in [-0.2, -0.15) is 18.3 Å². The molecule has 0 spiro atoms. The van der Waals surface area contributed by atoms with E-state index in [0.29, 0.717) is 10.3 Å². The molecule has 6 nitrogen and oxygen atoms in total. The third kappa shape index (κ3) is 2.25. The van der Waals surface area contributed by atoms with Gasteiger partial charge in [0.15, 0.2) is 0 Å². The summed E-state index contributed by atoms with van der Waals surface area (Å²) in [5, 5.41) is 14.5. The lowest BCUT2D eigenvalue weighted by Crippen LogP contribution is -2.50. The van der Waals surface area contributed by atoms with Crippen LogP contribution in [0.5, 0.6) is 0 Å². The summed E-state index contributed by atoms with van der Waals surface area (Å²) in [6.45, 7) is -1.08. The minimum atomic E-state index is -4.97. The van der Waals surface area contributed by atoms with E-state index in [9.17, 15) is 23.1 Å². The smallest absolute Gasteiger partial charge is 0.373 e. The van der Waals surface area contributed by atoms with Gasteiger partial charge in [-0.25, -0.2) is 0 Å². The number of alkyl halides is 3. The Morgan fingerprint density at radius 1 is 1.48 bits per heavy atom. The van der Waals surface area contributed by atoms with Gasteiger partial charge in [-0.05, 0) is 12.1 Å². The normalized spacial score (nSPS) is 20.8. The molecule has 0 bridgehead atoms. The second-order valence-electron chi connectivity index (χ2n) is 5.85. The van der Waals surface area contributed by atoms with Crippen LogP contribution in [-0.2, 0) is 24.0 Å². The van der Waals surface area contributed by atoms with Gasteiger partial charge < -0.3 is 14.8 Å². The number of ether oxygens (including phenoxy) is 1. The van der Waals surface area contributed by atoms with E-state index in [2.05, 4.69) is 10.1 Å². The molecule has 0 radical (unpaired) electrons. The average molecular weight is 371 g/mol. The molecule has 0 unspecified atom stereocenters. The minimum Gasteiger partial charge on any atom is -0.373 e. The van der Waals surface area contributed by atoms with E-state index in [1.54, 1.807) is 30.1 Å². The molecule has 0 amide bonds. The van der Waals surface area contributed by atoms with Crippen molar-refractivity contribution in [2.75, 3.05) is 6.61 Å². The minimum absolute atomic E-state index is 0.122. The van der Waals surface area contributed by atoms with Crippen LogP contribution in [0.4, 0.5) is 13.2 Å². The first-order chi connectivity index (χ1) is 11.7. The highest BCUT2D eigenvalue weighted by Gasteiger charge is 2.58. The van der Waals surface area contributed by atoms with E-state index < -0.39 is 29.6 Å². The van der Waals surface area contributed by atoms with Gasteiger partial charge in [0.25, 0.3) is 5.56 Å². The van der Waals surface area contributed by atoms with Gasteiger partial charge in [-0.3, -0.25) is 9.48 Å². The monoisotopic (exact) mass is 371 g/mol. The lowest BCUT2D eigenvalue weighted by molar-refractivity contribution is -0.289. The summed E-state index contributed by atoms with van der Waals surface area (Å²) in [4.78, 5) is 15.3. The van der Waals surface area contributed by atoms with Crippen molar-refractivity contribution in [1.29, 1.82) is 0 Å². The van der Waals surface area contributed by atoms with Crippen molar-refractivity contribution in [2.24, 2.45) is 7.05 Å². The van der Waals surface area contributed by atoms with E-state index in [4.69, 9.17) is 4.74 Å². The van der Waals surface area contributed by atoms with Crippen LogP contribution < -0.4 is 5.56 Å². The predicted molar refractivity (Wildman–Crippen MR) is 84.3 cm³/mol. The molecule has 2 N–H and O–H groups in total. The third-order valence-electron chi connectivity index (χ3n) is 4.32. The number of fused-ring (bicyclic) bond motifs is 3. The Morgan fingerprint density at radius 3 is 2.88 bits per heavy atom. The van der Waals surface area contributed by atoms with Crippen molar-refractivity contribution in [2.45, 2.75) is 18.4 Å². The summed E-state index contributed by atoms with van der Waals surface area (Å²) >= 11 is 1.15. The quantitative estimate of drug-likeness (QED) is 0.688. The zero-order valence-corrected chi connectivity index (χ0v) is 13.7. The number of thiophene rings is 1. The molecule has 3 aromatic heterocycles. The summed E-state index contributed by atoms with van der Waals surface area (Å²) in [7, 11) is 1.73. The van der Waals surface area contributed by atoms with Gasteiger partial charge in [-0.1, -0.05) is 0 Å². The Labute approximate surface area is 142 Å². The number of hydrogen-bond acceptors (Lipinski definition) is 5. The van der Waals surface area contributed by atoms with E-state index in [0.717, 1.165) is 17.0 Å².